The van der Waals surface area contributed by atoms with Gasteiger partial charge in [-0.15, -0.1) is 0 Å². The number of rotatable bonds is 4. The van der Waals surface area contributed by atoms with Gasteiger partial charge in [0.25, 0.3) is 0 Å². The lowest BCUT2D eigenvalue weighted by molar-refractivity contribution is -0.148. The van der Waals surface area contributed by atoms with E-state index in [0.717, 1.165) is 5.56 Å². The first kappa shape index (κ1) is 13.5. The van der Waals surface area contributed by atoms with E-state index in [-0.39, 0.29) is 12.5 Å². The molecule has 1 rings (SSSR count). The SMILES string of the molecule is CC(=O)N[C@H](C)C(=O)OCc1ccc(Cl)cc1. The third-order valence-corrected chi connectivity index (χ3v) is 2.32. The van der Waals surface area contributed by atoms with Crippen molar-refractivity contribution in [3.05, 3.63) is 34.9 Å². The maximum atomic E-state index is 11.5. The molecule has 0 saturated carbocycles. The molecule has 1 atom stereocenters. The van der Waals surface area contributed by atoms with Crippen LogP contribution >= 0.6 is 11.6 Å². The van der Waals surface area contributed by atoms with E-state index in [2.05, 4.69) is 5.32 Å². The zero-order valence-electron chi connectivity index (χ0n) is 9.70. The molecule has 0 saturated heterocycles. The maximum Gasteiger partial charge on any atom is 0.328 e. The summed E-state index contributed by atoms with van der Waals surface area (Å²) in [7, 11) is 0. The molecule has 92 valence electrons. The third-order valence-electron chi connectivity index (χ3n) is 2.07. The molecule has 0 fully saturated rings. The number of nitrogens with one attached hydrogen (secondary N) is 1. The highest BCUT2D eigenvalue weighted by molar-refractivity contribution is 6.30. The van der Waals surface area contributed by atoms with Crippen LogP contribution in [-0.4, -0.2) is 17.9 Å². The van der Waals surface area contributed by atoms with Crippen LogP contribution in [0.4, 0.5) is 0 Å². The Morgan fingerprint density at radius 1 is 1.35 bits per heavy atom. The molecule has 5 heteroatoms. The summed E-state index contributed by atoms with van der Waals surface area (Å²) in [5, 5.41) is 3.08. The number of esters is 1. The van der Waals surface area contributed by atoms with Crippen molar-refractivity contribution in [1.82, 2.24) is 5.32 Å². The lowest BCUT2D eigenvalue weighted by Crippen LogP contribution is -2.38. The number of amides is 1. The van der Waals surface area contributed by atoms with Crippen LogP contribution in [0, 0.1) is 0 Å². The average molecular weight is 256 g/mol. The van der Waals surface area contributed by atoms with Gasteiger partial charge in [-0.3, -0.25) is 4.79 Å². The Balaban J connectivity index is 2.42. The zero-order valence-corrected chi connectivity index (χ0v) is 10.5. The first-order chi connectivity index (χ1) is 7.99. The van der Waals surface area contributed by atoms with E-state index in [1.807, 2.05) is 0 Å². The number of benzene rings is 1. The van der Waals surface area contributed by atoms with Crippen molar-refractivity contribution in [3.8, 4) is 0 Å². The van der Waals surface area contributed by atoms with Crippen molar-refractivity contribution >= 4 is 23.5 Å². The monoisotopic (exact) mass is 255 g/mol. The molecule has 1 amide bonds. The van der Waals surface area contributed by atoms with Gasteiger partial charge in [0.05, 0.1) is 0 Å². The summed E-state index contributed by atoms with van der Waals surface area (Å²) in [6.45, 7) is 3.09. The fraction of sp³-hybridized carbons (Fsp3) is 0.333. The largest absolute Gasteiger partial charge is 0.459 e. The molecular weight excluding hydrogens is 242 g/mol. The van der Waals surface area contributed by atoms with E-state index in [1.165, 1.54) is 6.92 Å². The molecule has 0 heterocycles. The minimum atomic E-state index is -0.639. The first-order valence-corrected chi connectivity index (χ1v) is 5.55. The topological polar surface area (TPSA) is 55.4 Å². The predicted molar refractivity (Wildman–Crippen MR) is 64.5 cm³/mol. The number of hydrogen-bond acceptors (Lipinski definition) is 3. The number of carbonyl (C=O) groups excluding carboxylic acids is 2. The molecule has 4 nitrogen and oxygen atoms in total. The highest BCUT2D eigenvalue weighted by Crippen LogP contribution is 2.10. The molecular formula is C12H14ClNO3. The van der Waals surface area contributed by atoms with Crippen molar-refractivity contribution < 1.29 is 14.3 Å². The fourth-order valence-electron chi connectivity index (χ4n) is 1.22. The second-order valence-corrected chi connectivity index (χ2v) is 4.09. The first-order valence-electron chi connectivity index (χ1n) is 5.17. The van der Waals surface area contributed by atoms with Crippen LogP contribution in [-0.2, 0) is 20.9 Å². The van der Waals surface area contributed by atoms with Crippen molar-refractivity contribution in [1.29, 1.82) is 0 Å². The normalized spacial score (nSPS) is 11.7. The number of halogens is 1. The van der Waals surface area contributed by atoms with Crippen LogP contribution in [0.25, 0.3) is 0 Å². The number of carbonyl (C=O) groups is 2. The maximum absolute atomic E-state index is 11.5. The quantitative estimate of drug-likeness (QED) is 0.836. The van der Waals surface area contributed by atoms with Crippen LogP contribution in [0.1, 0.15) is 19.4 Å². The minimum Gasteiger partial charge on any atom is -0.459 e. The van der Waals surface area contributed by atoms with Crippen LogP contribution in [0.15, 0.2) is 24.3 Å². The lowest BCUT2D eigenvalue weighted by Gasteiger charge is -2.11. The molecule has 0 unspecified atom stereocenters. The molecule has 0 bridgehead atoms. The Labute approximate surface area is 105 Å². The molecule has 1 aromatic rings. The van der Waals surface area contributed by atoms with Gasteiger partial charge in [0.2, 0.25) is 5.91 Å². The summed E-state index contributed by atoms with van der Waals surface area (Å²) in [4.78, 5) is 22.2. The van der Waals surface area contributed by atoms with E-state index >= 15 is 0 Å². The fourth-order valence-corrected chi connectivity index (χ4v) is 1.35. The van der Waals surface area contributed by atoms with Gasteiger partial charge in [-0.25, -0.2) is 4.79 Å². The highest BCUT2D eigenvalue weighted by atomic mass is 35.5. The third kappa shape index (κ3) is 4.87. The van der Waals surface area contributed by atoms with Crippen molar-refractivity contribution in [2.45, 2.75) is 26.5 Å². The van der Waals surface area contributed by atoms with Crippen molar-refractivity contribution in [2.75, 3.05) is 0 Å². The van der Waals surface area contributed by atoms with Gasteiger partial charge in [-0.1, -0.05) is 23.7 Å². The summed E-state index contributed by atoms with van der Waals surface area (Å²) in [6, 6.07) is 6.36. The van der Waals surface area contributed by atoms with Gasteiger partial charge in [0, 0.05) is 11.9 Å². The Morgan fingerprint density at radius 2 is 1.94 bits per heavy atom. The van der Waals surface area contributed by atoms with Crippen LogP contribution < -0.4 is 5.32 Å². The molecule has 0 aliphatic rings. The van der Waals surface area contributed by atoms with Crippen molar-refractivity contribution in [2.24, 2.45) is 0 Å². The minimum absolute atomic E-state index is 0.167. The molecule has 1 aromatic carbocycles. The van der Waals surface area contributed by atoms with Crippen molar-refractivity contribution in [3.63, 3.8) is 0 Å². The van der Waals surface area contributed by atoms with Gasteiger partial charge >= 0.3 is 5.97 Å². The average Bonchev–Trinajstić information content (AvgIpc) is 2.27. The summed E-state index contributed by atoms with van der Waals surface area (Å²) in [5.74, 6) is -0.726. The second-order valence-electron chi connectivity index (χ2n) is 3.66. The van der Waals surface area contributed by atoms with Crippen LogP contribution in [0.3, 0.4) is 0 Å². The lowest BCUT2D eigenvalue weighted by atomic mass is 10.2. The van der Waals surface area contributed by atoms with Crippen LogP contribution in [0.2, 0.25) is 5.02 Å². The standard InChI is InChI=1S/C12H14ClNO3/c1-8(14-9(2)15)12(16)17-7-10-3-5-11(13)6-4-10/h3-6,8H,7H2,1-2H3,(H,14,15)/t8-/m1/s1. The summed E-state index contributed by atoms with van der Waals surface area (Å²) in [6.07, 6.45) is 0. The smallest absolute Gasteiger partial charge is 0.328 e. The second kappa shape index (κ2) is 6.25. The highest BCUT2D eigenvalue weighted by Gasteiger charge is 2.14. The Morgan fingerprint density at radius 3 is 2.47 bits per heavy atom. The van der Waals surface area contributed by atoms with Gasteiger partial charge in [-0.2, -0.15) is 0 Å². The Kier molecular flexibility index (Phi) is 4.97. The van der Waals surface area contributed by atoms with E-state index in [4.69, 9.17) is 16.3 Å². The molecule has 0 radical (unpaired) electrons. The number of hydrogen-bond donors (Lipinski definition) is 1. The van der Waals surface area contributed by atoms with Gasteiger partial charge < -0.3 is 10.1 Å². The Bertz CT molecular complexity index is 403. The van der Waals surface area contributed by atoms with Gasteiger partial charge in [-0.05, 0) is 24.6 Å². The predicted octanol–water partition coefficient (Wildman–Crippen LogP) is 1.91. The van der Waals surface area contributed by atoms with E-state index in [1.54, 1.807) is 31.2 Å². The summed E-state index contributed by atoms with van der Waals surface area (Å²) < 4.78 is 5.03. The Hall–Kier alpha value is -1.55. The molecule has 0 aliphatic carbocycles. The molecule has 0 spiro atoms. The molecule has 0 aliphatic heterocycles. The van der Waals surface area contributed by atoms with E-state index in [0.29, 0.717) is 5.02 Å². The summed E-state index contributed by atoms with van der Waals surface area (Å²) >= 11 is 5.73. The van der Waals surface area contributed by atoms with Gasteiger partial charge in [0.1, 0.15) is 12.6 Å². The summed E-state index contributed by atoms with van der Waals surface area (Å²) in [5.41, 5.74) is 0.845. The molecule has 17 heavy (non-hydrogen) atoms. The van der Waals surface area contributed by atoms with Gasteiger partial charge in [0.15, 0.2) is 0 Å². The van der Waals surface area contributed by atoms with E-state index in [9.17, 15) is 9.59 Å². The molecule has 1 N–H and O–H groups in total. The molecule has 0 aromatic heterocycles. The number of ether oxygens (including phenoxy) is 1. The zero-order chi connectivity index (χ0) is 12.8. The van der Waals surface area contributed by atoms with E-state index < -0.39 is 12.0 Å². The van der Waals surface area contributed by atoms with Crippen LogP contribution in [0.5, 0.6) is 0 Å².